The Balaban J connectivity index is 1.81. The summed E-state index contributed by atoms with van der Waals surface area (Å²) < 4.78 is 4.72. The predicted molar refractivity (Wildman–Crippen MR) is 76.9 cm³/mol. The van der Waals surface area contributed by atoms with Crippen molar-refractivity contribution in [2.45, 2.75) is 18.9 Å². The third-order valence-corrected chi connectivity index (χ3v) is 4.14. The summed E-state index contributed by atoms with van der Waals surface area (Å²) >= 11 is 0. The number of methoxy groups -OCH3 is 1. The minimum absolute atomic E-state index is 0.236. The first-order chi connectivity index (χ1) is 10.1. The molecule has 7 nitrogen and oxygen atoms in total. The molecule has 2 aliphatic rings. The third kappa shape index (κ3) is 2.39. The Morgan fingerprint density at radius 3 is 3.05 bits per heavy atom. The van der Waals surface area contributed by atoms with Gasteiger partial charge >= 0.3 is 5.97 Å². The van der Waals surface area contributed by atoms with Gasteiger partial charge in [-0.25, -0.2) is 9.78 Å². The standard InChI is InChI=1S/C14H18N4O3/c1-21-14(20)10-6-12(16-7-11(10)15)17-4-5-18-9(8-17)2-3-13(18)19/h6-7,9H,2-5,8,15H2,1H3. The number of nitrogens with two attached hydrogens (primary N) is 1. The molecule has 2 N–H and O–H groups in total. The number of amides is 1. The molecule has 1 unspecified atom stereocenters. The number of hydrogen-bond donors (Lipinski definition) is 1. The number of ether oxygens (including phenoxy) is 1. The molecule has 112 valence electrons. The zero-order valence-corrected chi connectivity index (χ0v) is 11.9. The normalized spacial score (nSPS) is 21.4. The first-order valence-electron chi connectivity index (χ1n) is 6.98. The molecule has 0 aromatic carbocycles. The van der Waals surface area contributed by atoms with Crippen molar-refractivity contribution in [1.29, 1.82) is 0 Å². The molecule has 0 aliphatic carbocycles. The maximum atomic E-state index is 11.7. The number of piperazine rings is 1. The van der Waals surface area contributed by atoms with Gasteiger partial charge < -0.3 is 20.3 Å². The van der Waals surface area contributed by atoms with Crippen LogP contribution in [0.1, 0.15) is 23.2 Å². The molecule has 2 fully saturated rings. The molecule has 1 amide bonds. The number of aromatic nitrogens is 1. The number of nitrogens with zero attached hydrogens (tertiary/aromatic N) is 3. The van der Waals surface area contributed by atoms with Gasteiger partial charge in [0.15, 0.2) is 0 Å². The molecule has 2 saturated heterocycles. The van der Waals surface area contributed by atoms with Crippen LogP contribution in [0.5, 0.6) is 0 Å². The Hall–Kier alpha value is -2.31. The summed E-state index contributed by atoms with van der Waals surface area (Å²) in [5.41, 5.74) is 6.40. The lowest BCUT2D eigenvalue weighted by molar-refractivity contribution is -0.129. The fourth-order valence-corrected chi connectivity index (χ4v) is 2.99. The minimum atomic E-state index is -0.467. The second-order valence-corrected chi connectivity index (χ2v) is 5.35. The average Bonchev–Trinajstić information content (AvgIpc) is 2.88. The van der Waals surface area contributed by atoms with Gasteiger partial charge in [0.25, 0.3) is 0 Å². The van der Waals surface area contributed by atoms with E-state index in [0.717, 1.165) is 13.0 Å². The summed E-state index contributed by atoms with van der Waals surface area (Å²) in [6.07, 6.45) is 2.99. The van der Waals surface area contributed by atoms with Crippen LogP contribution in [0.25, 0.3) is 0 Å². The van der Waals surface area contributed by atoms with Gasteiger partial charge in [-0.2, -0.15) is 0 Å². The zero-order chi connectivity index (χ0) is 15.0. The van der Waals surface area contributed by atoms with Gasteiger partial charge in [0.1, 0.15) is 5.82 Å². The van der Waals surface area contributed by atoms with Crippen LogP contribution in [-0.2, 0) is 9.53 Å². The second kappa shape index (κ2) is 5.23. The molecular formula is C14H18N4O3. The van der Waals surface area contributed by atoms with Crippen LogP contribution in [0.2, 0.25) is 0 Å². The molecule has 3 heterocycles. The lowest BCUT2D eigenvalue weighted by Crippen LogP contribution is -2.51. The topological polar surface area (TPSA) is 88.8 Å². The van der Waals surface area contributed by atoms with E-state index in [-0.39, 0.29) is 11.9 Å². The molecule has 1 aromatic heterocycles. The van der Waals surface area contributed by atoms with Crippen molar-refractivity contribution in [2.24, 2.45) is 0 Å². The van der Waals surface area contributed by atoms with Crippen molar-refractivity contribution in [1.82, 2.24) is 9.88 Å². The molecule has 1 aromatic rings. The van der Waals surface area contributed by atoms with E-state index in [9.17, 15) is 9.59 Å². The van der Waals surface area contributed by atoms with E-state index in [1.54, 1.807) is 6.07 Å². The van der Waals surface area contributed by atoms with Crippen molar-refractivity contribution in [3.8, 4) is 0 Å². The van der Waals surface area contributed by atoms with E-state index in [1.165, 1.54) is 13.3 Å². The van der Waals surface area contributed by atoms with Crippen molar-refractivity contribution >= 4 is 23.4 Å². The van der Waals surface area contributed by atoms with Crippen molar-refractivity contribution in [3.05, 3.63) is 17.8 Å². The zero-order valence-electron chi connectivity index (χ0n) is 11.9. The summed E-state index contributed by atoms with van der Waals surface area (Å²) in [6.45, 7) is 2.14. The van der Waals surface area contributed by atoms with E-state index >= 15 is 0 Å². The fraction of sp³-hybridized carbons (Fsp3) is 0.500. The van der Waals surface area contributed by atoms with Crippen LogP contribution >= 0.6 is 0 Å². The maximum Gasteiger partial charge on any atom is 0.340 e. The van der Waals surface area contributed by atoms with Gasteiger partial charge in [-0.05, 0) is 12.5 Å². The average molecular weight is 290 g/mol. The number of esters is 1. The van der Waals surface area contributed by atoms with E-state index < -0.39 is 5.97 Å². The molecule has 0 spiro atoms. The summed E-state index contributed by atoms with van der Waals surface area (Å²) in [6, 6.07) is 1.90. The molecule has 3 rings (SSSR count). The molecule has 21 heavy (non-hydrogen) atoms. The van der Waals surface area contributed by atoms with Crippen LogP contribution < -0.4 is 10.6 Å². The molecule has 0 radical (unpaired) electrons. The SMILES string of the molecule is COC(=O)c1cc(N2CCN3C(=O)CCC3C2)ncc1N. The summed E-state index contributed by atoms with van der Waals surface area (Å²) in [7, 11) is 1.32. The predicted octanol–water partition coefficient (Wildman–Crippen LogP) is 0.261. The maximum absolute atomic E-state index is 11.7. The fourth-order valence-electron chi connectivity index (χ4n) is 2.99. The molecule has 0 saturated carbocycles. The number of nitrogen functional groups attached to an aromatic ring is 1. The summed E-state index contributed by atoms with van der Waals surface area (Å²) in [5, 5.41) is 0. The van der Waals surface area contributed by atoms with Crippen molar-refractivity contribution in [3.63, 3.8) is 0 Å². The highest BCUT2D eigenvalue weighted by atomic mass is 16.5. The number of rotatable bonds is 2. The van der Waals surface area contributed by atoms with Crippen LogP contribution in [0.3, 0.4) is 0 Å². The smallest absolute Gasteiger partial charge is 0.340 e. The van der Waals surface area contributed by atoms with Gasteiger partial charge in [0.05, 0.1) is 24.6 Å². The Labute approximate surface area is 122 Å². The van der Waals surface area contributed by atoms with Crippen molar-refractivity contribution in [2.75, 3.05) is 37.4 Å². The molecule has 0 bridgehead atoms. The van der Waals surface area contributed by atoms with Crippen LogP contribution in [0, 0.1) is 0 Å². The van der Waals surface area contributed by atoms with E-state index in [1.807, 2.05) is 4.90 Å². The van der Waals surface area contributed by atoms with E-state index in [2.05, 4.69) is 9.88 Å². The first kappa shape index (κ1) is 13.7. The van der Waals surface area contributed by atoms with Gasteiger partial charge in [0.2, 0.25) is 5.91 Å². The lowest BCUT2D eigenvalue weighted by atomic mass is 10.1. The lowest BCUT2D eigenvalue weighted by Gasteiger charge is -2.38. The molecular weight excluding hydrogens is 272 g/mol. The summed E-state index contributed by atoms with van der Waals surface area (Å²) in [4.78, 5) is 31.7. The highest BCUT2D eigenvalue weighted by Gasteiger charge is 2.35. The quantitative estimate of drug-likeness (QED) is 0.786. The number of carbonyl (C=O) groups is 2. The highest BCUT2D eigenvalue weighted by Crippen LogP contribution is 2.26. The van der Waals surface area contributed by atoms with E-state index in [4.69, 9.17) is 10.5 Å². The number of pyridine rings is 1. The Kier molecular flexibility index (Phi) is 3.40. The van der Waals surface area contributed by atoms with Crippen LogP contribution in [-0.4, -0.2) is 54.5 Å². The molecule has 7 heteroatoms. The monoisotopic (exact) mass is 290 g/mol. The number of anilines is 2. The Morgan fingerprint density at radius 1 is 1.48 bits per heavy atom. The molecule has 1 atom stereocenters. The number of hydrogen-bond acceptors (Lipinski definition) is 6. The van der Waals surface area contributed by atoms with Gasteiger partial charge in [-0.3, -0.25) is 4.79 Å². The minimum Gasteiger partial charge on any atom is -0.465 e. The largest absolute Gasteiger partial charge is 0.465 e. The van der Waals surface area contributed by atoms with Crippen LogP contribution in [0.15, 0.2) is 12.3 Å². The van der Waals surface area contributed by atoms with Gasteiger partial charge in [0, 0.05) is 32.1 Å². The Bertz CT molecular complexity index is 590. The molecule has 2 aliphatic heterocycles. The van der Waals surface area contributed by atoms with Gasteiger partial charge in [-0.1, -0.05) is 0 Å². The van der Waals surface area contributed by atoms with Crippen LogP contribution in [0.4, 0.5) is 11.5 Å². The van der Waals surface area contributed by atoms with Crippen molar-refractivity contribution < 1.29 is 14.3 Å². The van der Waals surface area contributed by atoms with Gasteiger partial charge in [-0.15, -0.1) is 0 Å². The highest BCUT2D eigenvalue weighted by molar-refractivity contribution is 5.95. The number of carbonyl (C=O) groups excluding carboxylic acids is 2. The number of fused-ring (bicyclic) bond motifs is 1. The third-order valence-electron chi connectivity index (χ3n) is 4.14. The van der Waals surface area contributed by atoms with E-state index in [0.29, 0.717) is 36.6 Å². The first-order valence-corrected chi connectivity index (χ1v) is 6.98. The second-order valence-electron chi connectivity index (χ2n) is 5.35. The Morgan fingerprint density at radius 2 is 2.29 bits per heavy atom. The summed E-state index contributed by atoms with van der Waals surface area (Å²) in [5.74, 6) is 0.467.